The molecule has 21 heavy (non-hydrogen) atoms. The van der Waals surface area contributed by atoms with Gasteiger partial charge in [-0.05, 0) is 36.8 Å². The number of nitrogens with zero attached hydrogens (tertiary/aromatic N) is 3. The third-order valence-electron chi connectivity index (χ3n) is 2.58. The molecule has 0 atom stereocenters. The zero-order valence-electron chi connectivity index (χ0n) is 11.6. The maximum atomic E-state index is 8.74. The van der Waals surface area contributed by atoms with Crippen molar-refractivity contribution in [3.63, 3.8) is 0 Å². The number of hydrogen-bond donors (Lipinski definition) is 2. The van der Waals surface area contributed by atoms with Crippen molar-refractivity contribution in [2.45, 2.75) is 13.3 Å². The highest BCUT2D eigenvalue weighted by Crippen LogP contribution is 2.24. The third-order valence-corrected chi connectivity index (χ3v) is 2.58. The van der Waals surface area contributed by atoms with Gasteiger partial charge >= 0.3 is 0 Å². The van der Waals surface area contributed by atoms with E-state index in [1.165, 1.54) is 6.20 Å². The van der Waals surface area contributed by atoms with Gasteiger partial charge in [0.05, 0.1) is 18.4 Å². The van der Waals surface area contributed by atoms with Gasteiger partial charge in [-0.15, -0.1) is 5.10 Å². The molecule has 0 amide bonds. The standard InChI is InChI=1S/C14H16N4O3/c1-2-9-20-10-3-5-11(6-4-10)21-14-12(13(15)18-19)7-8-16-17-14/h3-8,19H,2,9H2,1H3,(H2,15,18). The van der Waals surface area contributed by atoms with Gasteiger partial charge in [0.25, 0.3) is 0 Å². The van der Waals surface area contributed by atoms with Crippen LogP contribution in [0.2, 0.25) is 0 Å². The van der Waals surface area contributed by atoms with Crippen molar-refractivity contribution < 1.29 is 14.7 Å². The molecular formula is C14H16N4O3. The molecule has 2 aromatic rings. The van der Waals surface area contributed by atoms with Gasteiger partial charge in [0.2, 0.25) is 5.88 Å². The van der Waals surface area contributed by atoms with E-state index in [0.717, 1.165) is 12.2 Å². The number of benzene rings is 1. The van der Waals surface area contributed by atoms with E-state index in [4.69, 9.17) is 20.4 Å². The van der Waals surface area contributed by atoms with Crippen molar-refractivity contribution in [1.29, 1.82) is 0 Å². The Balaban J connectivity index is 2.15. The summed E-state index contributed by atoms with van der Waals surface area (Å²) in [6, 6.07) is 8.64. The van der Waals surface area contributed by atoms with Gasteiger partial charge in [0.15, 0.2) is 5.84 Å². The fourth-order valence-corrected chi connectivity index (χ4v) is 1.58. The molecule has 0 aliphatic heterocycles. The average molecular weight is 288 g/mol. The van der Waals surface area contributed by atoms with Crippen molar-refractivity contribution in [3.05, 3.63) is 42.1 Å². The molecular weight excluding hydrogens is 272 g/mol. The molecule has 7 heteroatoms. The Labute approximate surface area is 122 Å². The normalized spacial score (nSPS) is 11.2. The molecule has 1 heterocycles. The van der Waals surface area contributed by atoms with Gasteiger partial charge in [-0.1, -0.05) is 12.1 Å². The van der Waals surface area contributed by atoms with Gasteiger partial charge in [-0.2, -0.15) is 5.10 Å². The number of ether oxygens (including phenoxy) is 2. The predicted molar refractivity (Wildman–Crippen MR) is 76.8 cm³/mol. The van der Waals surface area contributed by atoms with Crippen molar-refractivity contribution in [3.8, 4) is 17.4 Å². The second kappa shape index (κ2) is 7.09. The lowest BCUT2D eigenvalue weighted by atomic mass is 10.2. The molecule has 1 aromatic carbocycles. The highest BCUT2D eigenvalue weighted by Gasteiger charge is 2.11. The number of oxime groups is 1. The molecule has 3 N–H and O–H groups in total. The number of rotatable bonds is 6. The summed E-state index contributed by atoms with van der Waals surface area (Å²) in [7, 11) is 0. The smallest absolute Gasteiger partial charge is 0.250 e. The fourth-order valence-electron chi connectivity index (χ4n) is 1.58. The lowest BCUT2D eigenvalue weighted by Gasteiger charge is -2.09. The van der Waals surface area contributed by atoms with Gasteiger partial charge in [0.1, 0.15) is 11.5 Å². The fraction of sp³-hybridized carbons (Fsp3) is 0.214. The lowest BCUT2D eigenvalue weighted by molar-refractivity contribution is 0.317. The molecule has 0 spiro atoms. The zero-order valence-corrected chi connectivity index (χ0v) is 11.6. The van der Waals surface area contributed by atoms with Crippen LogP contribution in [0, 0.1) is 0 Å². The minimum atomic E-state index is -0.0946. The lowest BCUT2D eigenvalue weighted by Crippen LogP contribution is -2.15. The van der Waals surface area contributed by atoms with E-state index >= 15 is 0 Å². The topological polar surface area (TPSA) is 103 Å². The molecule has 1 aromatic heterocycles. The van der Waals surface area contributed by atoms with E-state index in [2.05, 4.69) is 15.4 Å². The highest BCUT2D eigenvalue weighted by molar-refractivity contribution is 5.98. The van der Waals surface area contributed by atoms with Gasteiger partial charge in [0, 0.05) is 0 Å². The molecule has 110 valence electrons. The Morgan fingerprint density at radius 3 is 2.62 bits per heavy atom. The summed E-state index contributed by atoms with van der Waals surface area (Å²) in [6.45, 7) is 2.71. The quantitative estimate of drug-likeness (QED) is 0.365. The maximum absolute atomic E-state index is 8.74. The second-order valence-electron chi connectivity index (χ2n) is 4.16. The Bertz CT molecular complexity index is 614. The van der Waals surface area contributed by atoms with Crippen LogP contribution in [0.25, 0.3) is 0 Å². The first-order valence-corrected chi connectivity index (χ1v) is 6.45. The maximum Gasteiger partial charge on any atom is 0.250 e. The highest BCUT2D eigenvalue weighted by atomic mass is 16.5. The first-order chi connectivity index (χ1) is 10.2. The van der Waals surface area contributed by atoms with Crippen LogP contribution < -0.4 is 15.2 Å². The van der Waals surface area contributed by atoms with Crippen LogP contribution in [0.15, 0.2) is 41.7 Å². The Morgan fingerprint density at radius 1 is 1.24 bits per heavy atom. The first kappa shape index (κ1) is 14.6. The number of nitrogens with two attached hydrogens (primary N) is 1. The molecule has 2 rings (SSSR count). The summed E-state index contributed by atoms with van der Waals surface area (Å²) in [5, 5.41) is 19.2. The van der Waals surface area contributed by atoms with Crippen LogP contribution in [0.4, 0.5) is 0 Å². The van der Waals surface area contributed by atoms with Gasteiger partial charge in [-0.25, -0.2) is 0 Å². The molecule has 7 nitrogen and oxygen atoms in total. The Hall–Kier alpha value is -2.83. The molecule has 0 saturated heterocycles. The minimum absolute atomic E-state index is 0.0946. The van der Waals surface area contributed by atoms with E-state index < -0.39 is 0 Å². The number of hydrogen-bond acceptors (Lipinski definition) is 6. The summed E-state index contributed by atoms with van der Waals surface area (Å²) in [5.74, 6) is 1.38. The SMILES string of the molecule is CCCOc1ccc(Oc2nnccc2/C(N)=N/O)cc1. The zero-order chi connectivity index (χ0) is 15.1. The molecule has 0 bridgehead atoms. The van der Waals surface area contributed by atoms with E-state index in [9.17, 15) is 0 Å². The molecule has 0 aliphatic carbocycles. The molecule has 0 aliphatic rings. The molecule has 0 unspecified atom stereocenters. The second-order valence-corrected chi connectivity index (χ2v) is 4.16. The molecule has 0 fully saturated rings. The monoisotopic (exact) mass is 288 g/mol. The molecule has 0 saturated carbocycles. The van der Waals surface area contributed by atoms with E-state index in [-0.39, 0.29) is 11.7 Å². The summed E-state index contributed by atoms with van der Waals surface area (Å²) < 4.78 is 11.1. The van der Waals surface area contributed by atoms with Crippen molar-refractivity contribution >= 4 is 5.84 Å². The van der Waals surface area contributed by atoms with E-state index in [1.54, 1.807) is 30.3 Å². The van der Waals surface area contributed by atoms with Crippen molar-refractivity contribution in [2.75, 3.05) is 6.61 Å². The number of aromatic nitrogens is 2. The van der Waals surface area contributed by atoms with Crippen molar-refractivity contribution in [2.24, 2.45) is 10.9 Å². The van der Waals surface area contributed by atoms with Crippen LogP contribution in [-0.2, 0) is 0 Å². The van der Waals surface area contributed by atoms with E-state index in [1.807, 2.05) is 6.92 Å². The summed E-state index contributed by atoms with van der Waals surface area (Å²) in [6.07, 6.45) is 2.38. The van der Waals surface area contributed by atoms with Crippen LogP contribution >= 0.6 is 0 Å². The van der Waals surface area contributed by atoms with Crippen LogP contribution in [0.1, 0.15) is 18.9 Å². The first-order valence-electron chi connectivity index (χ1n) is 6.45. The van der Waals surface area contributed by atoms with Crippen molar-refractivity contribution in [1.82, 2.24) is 10.2 Å². The van der Waals surface area contributed by atoms with Crippen LogP contribution in [-0.4, -0.2) is 27.8 Å². The summed E-state index contributed by atoms with van der Waals surface area (Å²) >= 11 is 0. The summed E-state index contributed by atoms with van der Waals surface area (Å²) in [5.41, 5.74) is 5.92. The third kappa shape index (κ3) is 3.82. The van der Waals surface area contributed by atoms with Crippen LogP contribution in [0.3, 0.4) is 0 Å². The largest absolute Gasteiger partial charge is 0.494 e. The van der Waals surface area contributed by atoms with Crippen LogP contribution in [0.5, 0.6) is 17.4 Å². The summed E-state index contributed by atoms with van der Waals surface area (Å²) in [4.78, 5) is 0. The molecule has 0 radical (unpaired) electrons. The number of amidine groups is 1. The predicted octanol–water partition coefficient (Wildman–Crippen LogP) is 2.15. The van der Waals surface area contributed by atoms with Gasteiger partial charge < -0.3 is 20.4 Å². The minimum Gasteiger partial charge on any atom is -0.494 e. The average Bonchev–Trinajstić information content (AvgIpc) is 2.54. The van der Waals surface area contributed by atoms with Gasteiger partial charge in [-0.3, -0.25) is 0 Å². The van der Waals surface area contributed by atoms with E-state index in [0.29, 0.717) is 17.9 Å². The Morgan fingerprint density at radius 2 is 1.95 bits per heavy atom. The Kier molecular flexibility index (Phi) is 4.92.